The number of carbonyl (C=O) groups excluding carboxylic acids is 2. The van der Waals surface area contributed by atoms with Gasteiger partial charge in [-0.05, 0) is 12.8 Å². The van der Waals surface area contributed by atoms with E-state index in [1.807, 2.05) is 4.90 Å². The third kappa shape index (κ3) is 2.05. The molecule has 0 aromatic rings. The molecule has 1 saturated heterocycles. The molecule has 72 valence electrons. The van der Waals surface area contributed by atoms with Crippen LogP contribution in [-0.2, 0) is 9.59 Å². The van der Waals surface area contributed by atoms with E-state index in [2.05, 4.69) is 0 Å². The van der Waals surface area contributed by atoms with Crippen LogP contribution in [0.3, 0.4) is 0 Å². The minimum absolute atomic E-state index is 0.121. The van der Waals surface area contributed by atoms with E-state index < -0.39 is 0 Å². The summed E-state index contributed by atoms with van der Waals surface area (Å²) in [4.78, 5) is 24.2. The maximum absolute atomic E-state index is 11.4. The Balaban J connectivity index is 1.90. The molecule has 1 aliphatic heterocycles. The smallest absolute Gasteiger partial charge is 0.224 e. The number of rotatable bonds is 2. The van der Waals surface area contributed by atoms with Crippen molar-refractivity contribution in [1.29, 1.82) is 0 Å². The highest BCUT2D eigenvalue weighted by molar-refractivity contribution is 8.14. The molecule has 0 aromatic heterocycles. The Morgan fingerprint density at radius 3 is 2.77 bits per heavy atom. The first-order valence-electron chi connectivity index (χ1n) is 4.63. The molecular weight excluding hydrogens is 186 g/mol. The molecule has 0 bridgehead atoms. The first kappa shape index (κ1) is 9.06. The highest BCUT2D eigenvalue weighted by atomic mass is 32.2. The molecule has 1 atom stereocenters. The minimum Gasteiger partial charge on any atom is -0.339 e. The summed E-state index contributed by atoms with van der Waals surface area (Å²) in [6.45, 7) is 2.35. The molecule has 2 aliphatic rings. The third-order valence-electron chi connectivity index (χ3n) is 2.44. The van der Waals surface area contributed by atoms with Gasteiger partial charge < -0.3 is 4.90 Å². The van der Waals surface area contributed by atoms with E-state index in [9.17, 15) is 9.59 Å². The lowest BCUT2D eigenvalue weighted by Gasteiger charge is -2.14. The van der Waals surface area contributed by atoms with Gasteiger partial charge in [-0.3, -0.25) is 9.59 Å². The fourth-order valence-electron chi connectivity index (χ4n) is 1.75. The number of hydrogen-bond donors (Lipinski definition) is 0. The van der Waals surface area contributed by atoms with Crippen molar-refractivity contribution in [1.82, 2.24) is 4.90 Å². The van der Waals surface area contributed by atoms with Gasteiger partial charge in [-0.2, -0.15) is 0 Å². The van der Waals surface area contributed by atoms with Crippen LogP contribution < -0.4 is 0 Å². The molecule has 1 heterocycles. The van der Waals surface area contributed by atoms with E-state index in [-0.39, 0.29) is 16.3 Å². The Labute approximate surface area is 81.9 Å². The number of thioether (sulfide) groups is 1. The summed E-state index contributed by atoms with van der Waals surface area (Å²) in [5.41, 5.74) is 0. The van der Waals surface area contributed by atoms with E-state index in [4.69, 9.17) is 0 Å². The molecule has 0 aromatic carbocycles. The zero-order valence-electron chi connectivity index (χ0n) is 7.66. The van der Waals surface area contributed by atoms with Gasteiger partial charge in [-0.15, -0.1) is 0 Å². The average Bonchev–Trinajstić information content (AvgIpc) is 2.77. The maximum atomic E-state index is 11.4. The van der Waals surface area contributed by atoms with Gasteiger partial charge in [0.25, 0.3) is 0 Å². The number of nitrogens with zero attached hydrogens (tertiary/aromatic N) is 1. The molecule has 1 saturated carbocycles. The Hall–Kier alpha value is -0.510. The van der Waals surface area contributed by atoms with Crippen LogP contribution >= 0.6 is 11.8 Å². The third-order valence-corrected chi connectivity index (χ3v) is 3.42. The molecular formula is C9H13NO2S. The second-order valence-electron chi connectivity index (χ2n) is 3.71. The van der Waals surface area contributed by atoms with Crippen LogP contribution in [0.5, 0.6) is 0 Å². The van der Waals surface area contributed by atoms with Crippen LogP contribution in [0.2, 0.25) is 0 Å². The van der Waals surface area contributed by atoms with E-state index in [0.29, 0.717) is 12.5 Å². The number of amides is 1. The van der Waals surface area contributed by atoms with Crippen LogP contribution in [0.4, 0.5) is 0 Å². The Morgan fingerprint density at radius 1 is 1.54 bits per heavy atom. The summed E-state index contributed by atoms with van der Waals surface area (Å²) < 4.78 is 0. The lowest BCUT2D eigenvalue weighted by molar-refractivity contribution is -0.128. The van der Waals surface area contributed by atoms with Crippen molar-refractivity contribution in [3.05, 3.63) is 0 Å². The van der Waals surface area contributed by atoms with Gasteiger partial charge >= 0.3 is 0 Å². The molecule has 4 heteroatoms. The normalized spacial score (nSPS) is 28.2. The molecule has 2 rings (SSSR count). The van der Waals surface area contributed by atoms with Crippen molar-refractivity contribution >= 4 is 22.8 Å². The fraction of sp³-hybridized carbons (Fsp3) is 0.778. The second kappa shape index (κ2) is 3.33. The monoisotopic (exact) mass is 199 g/mol. The largest absolute Gasteiger partial charge is 0.339 e. The fourth-order valence-corrected chi connectivity index (χ4v) is 2.68. The quantitative estimate of drug-likeness (QED) is 0.666. The predicted octanol–water partition coefficient (Wildman–Crippen LogP) is 1.03. The van der Waals surface area contributed by atoms with Crippen molar-refractivity contribution in [2.24, 2.45) is 0 Å². The predicted molar refractivity (Wildman–Crippen MR) is 51.4 cm³/mol. The van der Waals surface area contributed by atoms with Gasteiger partial charge in [-0.1, -0.05) is 11.8 Å². The summed E-state index contributed by atoms with van der Waals surface area (Å²) in [5, 5.41) is 0.334. The average molecular weight is 199 g/mol. The van der Waals surface area contributed by atoms with Crippen LogP contribution in [0.15, 0.2) is 0 Å². The minimum atomic E-state index is 0.121. The van der Waals surface area contributed by atoms with E-state index in [1.54, 1.807) is 6.92 Å². The first-order valence-corrected chi connectivity index (χ1v) is 5.51. The molecule has 1 aliphatic carbocycles. The van der Waals surface area contributed by atoms with Crippen LogP contribution in [-0.4, -0.2) is 33.8 Å². The lowest BCUT2D eigenvalue weighted by Crippen LogP contribution is -2.27. The van der Waals surface area contributed by atoms with Gasteiger partial charge in [0.05, 0.1) is 0 Å². The summed E-state index contributed by atoms with van der Waals surface area (Å²) in [7, 11) is 0. The summed E-state index contributed by atoms with van der Waals surface area (Å²) in [6, 6.07) is 0.505. The highest BCUT2D eigenvalue weighted by Gasteiger charge is 2.39. The second-order valence-corrected chi connectivity index (χ2v) is 5.19. The first-order chi connectivity index (χ1) is 6.16. The van der Waals surface area contributed by atoms with Crippen molar-refractivity contribution in [3.8, 4) is 0 Å². The highest BCUT2D eigenvalue weighted by Crippen LogP contribution is 2.34. The standard InChI is InChI=1S/C9H13NO2S/c1-6(11)13-8-4-9(12)10(5-8)7-2-3-7/h7-8H,2-5H2,1H3. The number of hydrogen-bond acceptors (Lipinski definition) is 3. The van der Waals surface area contributed by atoms with Crippen molar-refractivity contribution in [2.75, 3.05) is 6.54 Å². The van der Waals surface area contributed by atoms with Crippen molar-refractivity contribution < 1.29 is 9.59 Å². The Morgan fingerprint density at radius 2 is 2.23 bits per heavy atom. The molecule has 0 radical (unpaired) electrons. The molecule has 1 unspecified atom stereocenters. The summed E-state index contributed by atoms with van der Waals surface area (Å²) in [5.74, 6) is 0.237. The molecule has 1 amide bonds. The maximum Gasteiger partial charge on any atom is 0.224 e. The SMILES string of the molecule is CC(=O)SC1CC(=O)N(C2CC2)C1. The molecule has 0 spiro atoms. The molecule has 13 heavy (non-hydrogen) atoms. The zero-order valence-corrected chi connectivity index (χ0v) is 8.47. The van der Waals surface area contributed by atoms with Gasteiger partial charge in [0.2, 0.25) is 5.91 Å². The summed E-state index contributed by atoms with van der Waals surface area (Å²) >= 11 is 1.31. The Bertz CT molecular complexity index is 250. The lowest BCUT2D eigenvalue weighted by atomic mass is 10.4. The van der Waals surface area contributed by atoms with Gasteiger partial charge in [0.1, 0.15) is 0 Å². The van der Waals surface area contributed by atoms with Crippen LogP contribution in [0.25, 0.3) is 0 Å². The number of carbonyl (C=O) groups is 2. The van der Waals surface area contributed by atoms with Gasteiger partial charge in [-0.25, -0.2) is 0 Å². The topological polar surface area (TPSA) is 37.4 Å². The van der Waals surface area contributed by atoms with E-state index in [0.717, 1.165) is 19.4 Å². The van der Waals surface area contributed by atoms with Crippen molar-refractivity contribution in [2.45, 2.75) is 37.5 Å². The van der Waals surface area contributed by atoms with Crippen LogP contribution in [0.1, 0.15) is 26.2 Å². The molecule has 0 N–H and O–H groups in total. The van der Waals surface area contributed by atoms with Crippen molar-refractivity contribution in [3.63, 3.8) is 0 Å². The zero-order chi connectivity index (χ0) is 9.42. The van der Waals surface area contributed by atoms with Gasteiger partial charge in [0.15, 0.2) is 5.12 Å². The van der Waals surface area contributed by atoms with E-state index in [1.165, 1.54) is 11.8 Å². The van der Waals surface area contributed by atoms with Crippen LogP contribution in [0, 0.1) is 0 Å². The van der Waals surface area contributed by atoms with Gasteiger partial charge in [0, 0.05) is 31.2 Å². The number of likely N-dealkylation sites (tertiary alicyclic amines) is 1. The Kier molecular flexibility index (Phi) is 2.32. The molecule has 2 fully saturated rings. The van der Waals surface area contributed by atoms with E-state index >= 15 is 0 Å². The summed E-state index contributed by atoms with van der Waals surface area (Å²) in [6.07, 6.45) is 2.87. The molecule has 3 nitrogen and oxygen atoms in total.